The van der Waals surface area contributed by atoms with Gasteiger partial charge < -0.3 is 30.3 Å². The summed E-state index contributed by atoms with van der Waals surface area (Å²) in [6.45, 7) is 6.66. The van der Waals surface area contributed by atoms with Crippen LogP contribution in [0.5, 0.6) is 0 Å². The highest BCUT2D eigenvalue weighted by molar-refractivity contribution is 8.17. The molecule has 2 aliphatic carbocycles. The molecule has 6 atom stereocenters. The molecular weight excluding hydrogens is 352 g/mol. The molecule has 0 aromatic carbocycles. The largest absolute Gasteiger partial charge is 0.389 e. The van der Waals surface area contributed by atoms with Crippen molar-refractivity contribution in [2.24, 2.45) is 10.8 Å². The van der Waals surface area contributed by atoms with Crippen LogP contribution in [0.25, 0.3) is 0 Å². The third-order valence-electron chi connectivity index (χ3n) is 7.08. The highest BCUT2D eigenvalue weighted by Crippen LogP contribution is 2.80. The Morgan fingerprint density at radius 1 is 0.917 bits per heavy atom. The molecule has 2 aliphatic heterocycles. The minimum absolute atomic E-state index is 0.454. The van der Waals surface area contributed by atoms with Gasteiger partial charge in [-0.1, -0.05) is 27.7 Å². The second-order valence-electron chi connectivity index (χ2n) is 8.68. The minimum Gasteiger partial charge on any atom is -0.389 e. The zero-order valence-corrected chi connectivity index (χ0v) is 15.9. The van der Waals surface area contributed by atoms with E-state index in [0.717, 1.165) is 17.9 Å². The highest BCUT2D eigenvalue weighted by atomic mass is 32.2. The van der Waals surface area contributed by atoms with Crippen LogP contribution in [0.1, 0.15) is 34.1 Å². The van der Waals surface area contributed by atoms with E-state index in [1.54, 1.807) is 27.7 Å². The fourth-order valence-corrected chi connectivity index (χ4v) is 8.23. The summed E-state index contributed by atoms with van der Waals surface area (Å²) in [7, 11) is 0. The normalized spacial score (nSPS) is 58.4. The molecule has 0 aromatic rings. The van der Waals surface area contributed by atoms with Gasteiger partial charge >= 0.3 is 0 Å². The molecule has 0 spiro atoms. The van der Waals surface area contributed by atoms with Gasteiger partial charge in [-0.2, -0.15) is 0 Å². The van der Waals surface area contributed by atoms with Crippen molar-refractivity contribution in [1.29, 1.82) is 0 Å². The van der Waals surface area contributed by atoms with E-state index in [4.69, 9.17) is 4.74 Å². The molecule has 0 radical (unpaired) electrons. The van der Waals surface area contributed by atoms with Gasteiger partial charge in [0.25, 0.3) is 0 Å². The SMILES string of the molecule is CC1(C)C(O)[C@@]1(O)[C@H]1O[C@@]2(O)C(C)(C)[C@@]2(O)[C@@]1(O)C1SCCCS1. The zero-order chi connectivity index (χ0) is 18.0. The summed E-state index contributed by atoms with van der Waals surface area (Å²) in [4.78, 5) is 0. The molecule has 4 rings (SSSR count). The number of thioether (sulfide) groups is 2. The second kappa shape index (κ2) is 4.47. The highest BCUT2D eigenvalue weighted by Gasteiger charge is 3.01. The molecule has 2 saturated carbocycles. The van der Waals surface area contributed by atoms with Gasteiger partial charge in [-0.05, 0) is 17.9 Å². The number of ether oxygens (including phenoxy) is 1. The van der Waals surface area contributed by atoms with Crippen molar-refractivity contribution in [3.05, 3.63) is 0 Å². The van der Waals surface area contributed by atoms with Crippen LogP contribution in [0.3, 0.4) is 0 Å². The van der Waals surface area contributed by atoms with Crippen LogP contribution >= 0.6 is 23.5 Å². The Labute approximate surface area is 150 Å². The van der Waals surface area contributed by atoms with Crippen LogP contribution in [-0.4, -0.2) is 76.4 Å². The quantitative estimate of drug-likeness (QED) is 0.453. The van der Waals surface area contributed by atoms with Crippen molar-refractivity contribution in [2.45, 2.75) is 73.5 Å². The van der Waals surface area contributed by atoms with E-state index < -0.39 is 50.2 Å². The third-order valence-corrected chi connectivity index (χ3v) is 10.3. The topological polar surface area (TPSA) is 110 Å². The van der Waals surface area contributed by atoms with Gasteiger partial charge in [0.2, 0.25) is 5.79 Å². The summed E-state index contributed by atoms with van der Waals surface area (Å²) in [6.07, 6.45) is -1.35. The Hall–Kier alpha value is 0.460. The van der Waals surface area contributed by atoms with Crippen molar-refractivity contribution in [2.75, 3.05) is 11.5 Å². The van der Waals surface area contributed by atoms with Crippen molar-refractivity contribution in [3.8, 4) is 0 Å². The number of hydrogen-bond acceptors (Lipinski definition) is 8. The molecule has 6 nitrogen and oxygen atoms in total. The zero-order valence-electron chi connectivity index (χ0n) is 14.3. The van der Waals surface area contributed by atoms with E-state index in [9.17, 15) is 25.5 Å². The first-order valence-corrected chi connectivity index (χ1v) is 10.4. The predicted molar refractivity (Wildman–Crippen MR) is 91.6 cm³/mol. The van der Waals surface area contributed by atoms with Crippen LogP contribution in [0, 0.1) is 10.8 Å². The maximum atomic E-state index is 11.7. The average Bonchev–Trinajstić information content (AvgIpc) is 3.03. The summed E-state index contributed by atoms with van der Waals surface area (Å²) >= 11 is 3.01. The molecule has 138 valence electrons. The molecule has 8 heteroatoms. The summed E-state index contributed by atoms with van der Waals surface area (Å²) in [6, 6.07) is 0. The van der Waals surface area contributed by atoms with Gasteiger partial charge in [0.15, 0.2) is 5.60 Å². The van der Waals surface area contributed by atoms with Gasteiger partial charge in [-0.25, -0.2) is 0 Å². The summed E-state index contributed by atoms with van der Waals surface area (Å²) < 4.78 is 5.31. The van der Waals surface area contributed by atoms with E-state index in [2.05, 4.69) is 0 Å². The predicted octanol–water partition coefficient (Wildman–Crippen LogP) is -0.0962. The molecule has 0 bridgehead atoms. The lowest BCUT2D eigenvalue weighted by molar-refractivity contribution is -0.224. The fourth-order valence-electron chi connectivity index (χ4n) is 4.93. The lowest BCUT2D eigenvalue weighted by atomic mass is 9.80. The van der Waals surface area contributed by atoms with Crippen LogP contribution < -0.4 is 0 Å². The molecule has 0 aromatic heterocycles. The van der Waals surface area contributed by atoms with Gasteiger partial charge in [-0.15, -0.1) is 23.5 Å². The molecule has 4 fully saturated rings. The number of hydrogen-bond donors (Lipinski definition) is 5. The van der Waals surface area contributed by atoms with Crippen LogP contribution in [0.2, 0.25) is 0 Å². The Kier molecular flexibility index (Phi) is 3.32. The van der Waals surface area contributed by atoms with E-state index >= 15 is 0 Å². The Bertz CT molecular complexity index is 593. The Balaban J connectivity index is 1.82. The van der Waals surface area contributed by atoms with E-state index in [1.807, 2.05) is 0 Å². The van der Waals surface area contributed by atoms with Crippen molar-refractivity contribution in [1.82, 2.24) is 0 Å². The monoisotopic (exact) mass is 378 g/mol. The molecule has 24 heavy (non-hydrogen) atoms. The van der Waals surface area contributed by atoms with Gasteiger partial charge in [0.05, 0.1) is 16.1 Å². The molecule has 2 saturated heterocycles. The summed E-state index contributed by atoms with van der Waals surface area (Å²) in [5.41, 5.74) is -7.43. The average molecular weight is 379 g/mol. The van der Waals surface area contributed by atoms with Crippen LogP contribution in [0.15, 0.2) is 0 Å². The molecule has 1 unspecified atom stereocenters. The van der Waals surface area contributed by atoms with Gasteiger partial charge in [-0.3, -0.25) is 0 Å². The van der Waals surface area contributed by atoms with Crippen molar-refractivity contribution >= 4 is 23.5 Å². The third kappa shape index (κ3) is 1.45. The number of rotatable bonds is 2. The Morgan fingerprint density at radius 3 is 1.88 bits per heavy atom. The van der Waals surface area contributed by atoms with Gasteiger partial charge in [0, 0.05) is 5.41 Å². The lowest BCUT2D eigenvalue weighted by Crippen LogP contribution is -2.65. The molecule has 0 amide bonds. The second-order valence-corrected chi connectivity index (χ2v) is 11.4. The molecule has 5 N–H and O–H groups in total. The van der Waals surface area contributed by atoms with E-state index in [-0.39, 0.29) is 0 Å². The molecule has 2 heterocycles. The number of aliphatic hydroxyl groups is 5. The van der Waals surface area contributed by atoms with E-state index in [1.165, 1.54) is 23.5 Å². The summed E-state index contributed by atoms with van der Waals surface area (Å²) in [5, 5.41) is 55.3. The number of fused-ring (bicyclic) bond motifs is 1. The fraction of sp³-hybridized carbons (Fsp3) is 1.00. The van der Waals surface area contributed by atoms with E-state index in [0.29, 0.717) is 0 Å². The molecular formula is C16H26O6S2. The Morgan fingerprint density at radius 2 is 1.42 bits per heavy atom. The lowest BCUT2D eigenvalue weighted by Gasteiger charge is -2.45. The first-order valence-electron chi connectivity index (χ1n) is 8.33. The van der Waals surface area contributed by atoms with Crippen molar-refractivity contribution in [3.63, 3.8) is 0 Å². The maximum Gasteiger partial charge on any atom is 0.207 e. The maximum absolute atomic E-state index is 11.7. The van der Waals surface area contributed by atoms with Crippen LogP contribution in [0.4, 0.5) is 0 Å². The minimum atomic E-state index is -1.94. The van der Waals surface area contributed by atoms with Gasteiger partial charge in [0.1, 0.15) is 17.3 Å². The molecule has 4 aliphatic rings. The van der Waals surface area contributed by atoms with Crippen molar-refractivity contribution < 1.29 is 30.3 Å². The van der Waals surface area contributed by atoms with Crippen LogP contribution in [-0.2, 0) is 4.74 Å². The standard InChI is InChI=1S/C16H26O6S2/c1-11(2)8(17)13(11,18)9-14(19,10-23-6-5-7-24-10)15(20)12(3,4)16(15,21)22-9/h8-10,17-21H,5-7H2,1-4H3/t8?,9-,13-,14+,15-,16+/m1/s1. The first kappa shape index (κ1) is 17.9. The first-order chi connectivity index (χ1) is 10.8. The summed E-state index contributed by atoms with van der Waals surface area (Å²) in [5.74, 6) is -0.288. The number of aliphatic hydroxyl groups excluding tert-OH is 1. The smallest absolute Gasteiger partial charge is 0.207 e.